The number of rotatable bonds is 8. The van der Waals surface area contributed by atoms with Crippen LogP contribution in [-0.4, -0.2) is 35.6 Å². The summed E-state index contributed by atoms with van der Waals surface area (Å²) in [4.78, 5) is 23.9. The van der Waals surface area contributed by atoms with Crippen LogP contribution in [0.3, 0.4) is 0 Å². The molecule has 1 unspecified atom stereocenters. The van der Waals surface area contributed by atoms with Crippen LogP contribution in [0.5, 0.6) is 0 Å². The number of thiophene rings is 1. The van der Waals surface area contributed by atoms with Crippen molar-refractivity contribution in [1.82, 2.24) is 10.6 Å². The molecule has 0 saturated carbocycles. The van der Waals surface area contributed by atoms with Gasteiger partial charge in [0.2, 0.25) is 5.91 Å². The van der Waals surface area contributed by atoms with E-state index in [0.29, 0.717) is 13.0 Å². The van der Waals surface area contributed by atoms with Gasteiger partial charge in [-0.05, 0) is 31.2 Å². The molecule has 0 spiro atoms. The van der Waals surface area contributed by atoms with Crippen LogP contribution >= 0.6 is 11.3 Å². The molecular formula is C13H20N2O3S. The van der Waals surface area contributed by atoms with E-state index < -0.39 is 11.5 Å². The molecule has 1 amide bonds. The van der Waals surface area contributed by atoms with E-state index in [2.05, 4.69) is 10.6 Å². The summed E-state index contributed by atoms with van der Waals surface area (Å²) in [7, 11) is 0. The summed E-state index contributed by atoms with van der Waals surface area (Å²) in [5.41, 5.74) is -1.05. The van der Waals surface area contributed by atoms with Crippen molar-refractivity contribution < 1.29 is 14.7 Å². The number of amides is 1. The van der Waals surface area contributed by atoms with Gasteiger partial charge in [0.1, 0.15) is 5.54 Å². The van der Waals surface area contributed by atoms with Crippen molar-refractivity contribution in [3.05, 3.63) is 22.4 Å². The standard InChI is InChI=1S/C13H20N2O3S/c1-3-13(2,12(17)18)15-9-11(16)14-7-6-10-5-4-8-19-10/h4-5,8,15H,3,6-7,9H2,1-2H3,(H,14,16)(H,17,18). The van der Waals surface area contributed by atoms with E-state index >= 15 is 0 Å². The number of carbonyl (C=O) groups is 2. The van der Waals surface area contributed by atoms with E-state index in [1.807, 2.05) is 17.5 Å². The van der Waals surface area contributed by atoms with Crippen molar-refractivity contribution >= 4 is 23.2 Å². The Kier molecular flexibility index (Phi) is 5.98. The molecule has 0 aromatic carbocycles. The Labute approximate surface area is 117 Å². The van der Waals surface area contributed by atoms with Crippen LogP contribution in [-0.2, 0) is 16.0 Å². The number of carboxylic acids is 1. The van der Waals surface area contributed by atoms with Crippen LogP contribution in [0.2, 0.25) is 0 Å². The highest BCUT2D eigenvalue weighted by atomic mass is 32.1. The van der Waals surface area contributed by atoms with Gasteiger partial charge in [-0.15, -0.1) is 11.3 Å². The Hall–Kier alpha value is -1.40. The maximum atomic E-state index is 11.6. The fourth-order valence-electron chi connectivity index (χ4n) is 1.47. The van der Waals surface area contributed by atoms with E-state index in [-0.39, 0.29) is 12.5 Å². The van der Waals surface area contributed by atoms with Crippen LogP contribution in [0.1, 0.15) is 25.1 Å². The van der Waals surface area contributed by atoms with Crippen LogP contribution in [0, 0.1) is 0 Å². The average Bonchev–Trinajstić information content (AvgIpc) is 2.89. The quantitative estimate of drug-likeness (QED) is 0.671. The zero-order chi connectivity index (χ0) is 14.3. The minimum Gasteiger partial charge on any atom is -0.480 e. The molecule has 1 rings (SSSR count). The second-order valence-electron chi connectivity index (χ2n) is 4.52. The molecule has 5 nitrogen and oxygen atoms in total. The summed E-state index contributed by atoms with van der Waals surface area (Å²) >= 11 is 1.66. The van der Waals surface area contributed by atoms with Crippen molar-refractivity contribution in [3.63, 3.8) is 0 Å². The van der Waals surface area contributed by atoms with Crippen molar-refractivity contribution in [2.45, 2.75) is 32.2 Å². The predicted octanol–water partition coefficient (Wildman–Crippen LogP) is 1.25. The lowest BCUT2D eigenvalue weighted by molar-refractivity contribution is -0.144. The Morgan fingerprint density at radius 3 is 2.74 bits per heavy atom. The zero-order valence-corrected chi connectivity index (χ0v) is 12.0. The largest absolute Gasteiger partial charge is 0.480 e. The normalized spacial score (nSPS) is 13.8. The minimum atomic E-state index is -1.05. The molecule has 0 bridgehead atoms. The highest BCUT2D eigenvalue weighted by Gasteiger charge is 2.30. The second kappa shape index (κ2) is 7.25. The molecule has 1 atom stereocenters. The Balaban J connectivity index is 2.26. The smallest absolute Gasteiger partial charge is 0.323 e. The Morgan fingerprint density at radius 2 is 2.21 bits per heavy atom. The van der Waals surface area contributed by atoms with Gasteiger partial charge in [-0.2, -0.15) is 0 Å². The van der Waals surface area contributed by atoms with Gasteiger partial charge in [-0.3, -0.25) is 14.9 Å². The number of aliphatic carboxylic acids is 1. The van der Waals surface area contributed by atoms with Crippen LogP contribution < -0.4 is 10.6 Å². The van der Waals surface area contributed by atoms with Crippen LogP contribution in [0.25, 0.3) is 0 Å². The third kappa shape index (κ3) is 5.00. The average molecular weight is 284 g/mol. The lowest BCUT2D eigenvalue weighted by Crippen LogP contribution is -2.52. The van der Waals surface area contributed by atoms with E-state index in [0.717, 1.165) is 6.42 Å². The molecule has 1 aromatic rings. The summed E-state index contributed by atoms with van der Waals surface area (Å²) in [6.45, 7) is 3.93. The zero-order valence-electron chi connectivity index (χ0n) is 11.2. The molecule has 106 valence electrons. The van der Waals surface area contributed by atoms with E-state index in [1.165, 1.54) is 4.88 Å². The molecule has 0 aliphatic heterocycles. The number of carboxylic acid groups (broad SMARTS) is 1. The van der Waals surface area contributed by atoms with Crippen molar-refractivity contribution in [2.75, 3.05) is 13.1 Å². The number of hydrogen-bond donors (Lipinski definition) is 3. The van der Waals surface area contributed by atoms with Gasteiger partial charge in [0, 0.05) is 11.4 Å². The highest BCUT2D eigenvalue weighted by Crippen LogP contribution is 2.09. The lowest BCUT2D eigenvalue weighted by atomic mass is 9.99. The van der Waals surface area contributed by atoms with Crippen LogP contribution in [0.15, 0.2) is 17.5 Å². The van der Waals surface area contributed by atoms with Crippen molar-refractivity contribution in [1.29, 1.82) is 0 Å². The first-order chi connectivity index (χ1) is 8.98. The molecule has 19 heavy (non-hydrogen) atoms. The molecule has 6 heteroatoms. The monoisotopic (exact) mass is 284 g/mol. The third-order valence-corrected chi connectivity index (χ3v) is 4.03. The van der Waals surface area contributed by atoms with E-state index in [1.54, 1.807) is 25.2 Å². The summed E-state index contributed by atoms with van der Waals surface area (Å²) in [5, 5.41) is 16.6. The third-order valence-electron chi connectivity index (χ3n) is 3.09. The molecule has 0 aliphatic carbocycles. The first-order valence-electron chi connectivity index (χ1n) is 6.25. The topological polar surface area (TPSA) is 78.4 Å². The maximum Gasteiger partial charge on any atom is 0.323 e. The second-order valence-corrected chi connectivity index (χ2v) is 5.56. The lowest BCUT2D eigenvalue weighted by Gasteiger charge is -2.24. The summed E-state index contributed by atoms with van der Waals surface area (Å²) in [6, 6.07) is 4.00. The SMILES string of the molecule is CCC(C)(NCC(=O)NCCc1cccs1)C(=O)O. The molecule has 3 N–H and O–H groups in total. The summed E-state index contributed by atoms with van der Waals surface area (Å²) in [6.07, 6.45) is 1.22. The molecule has 0 aliphatic rings. The van der Waals surface area contributed by atoms with Gasteiger partial charge >= 0.3 is 5.97 Å². The van der Waals surface area contributed by atoms with Gasteiger partial charge in [-0.25, -0.2) is 0 Å². The molecule has 0 saturated heterocycles. The number of nitrogens with one attached hydrogen (secondary N) is 2. The molecule has 1 heterocycles. The van der Waals surface area contributed by atoms with Crippen molar-refractivity contribution in [2.24, 2.45) is 0 Å². The molecule has 0 fully saturated rings. The molecule has 0 radical (unpaired) electrons. The predicted molar refractivity (Wildman–Crippen MR) is 75.4 cm³/mol. The summed E-state index contributed by atoms with van der Waals surface area (Å²) in [5.74, 6) is -1.13. The first-order valence-corrected chi connectivity index (χ1v) is 7.13. The van der Waals surface area contributed by atoms with Gasteiger partial charge < -0.3 is 10.4 Å². The number of hydrogen-bond acceptors (Lipinski definition) is 4. The Morgan fingerprint density at radius 1 is 1.47 bits per heavy atom. The highest BCUT2D eigenvalue weighted by molar-refractivity contribution is 7.09. The van der Waals surface area contributed by atoms with E-state index in [4.69, 9.17) is 5.11 Å². The fourth-order valence-corrected chi connectivity index (χ4v) is 2.18. The number of carbonyl (C=O) groups excluding carboxylic acids is 1. The van der Waals surface area contributed by atoms with Gasteiger partial charge in [0.25, 0.3) is 0 Å². The maximum absolute atomic E-state index is 11.6. The van der Waals surface area contributed by atoms with Crippen LogP contribution in [0.4, 0.5) is 0 Å². The van der Waals surface area contributed by atoms with Gasteiger partial charge in [-0.1, -0.05) is 13.0 Å². The Bertz CT molecular complexity index is 420. The summed E-state index contributed by atoms with van der Waals surface area (Å²) < 4.78 is 0. The fraction of sp³-hybridized carbons (Fsp3) is 0.538. The first kappa shape index (κ1) is 15.7. The van der Waals surface area contributed by atoms with E-state index in [9.17, 15) is 9.59 Å². The van der Waals surface area contributed by atoms with Gasteiger partial charge in [0.15, 0.2) is 0 Å². The van der Waals surface area contributed by atoms with Gasteiger partial charge in [0.05, 0.1) is 6.54 Å². The van der Waals surface area contributed by atoms with Crippen molar-refractivity contribution in [3.8, 4) is 0 Å². The molecule has 1 aromatic heterocycles. The molecular weight excluding hydrogens is 264 g/mol. The minimum absolute atomic E-state index is 0.0150.